The molecule has 2 heterocycles. The molecule has 1 aliphatic heterocycles. The molecule has 2 aromatic rings. The van der Waals surface area contributed by atoms with Gasteiger partial charge in [-0.2, -0.15) is 0 Å². The number of aryl methyl sites for hydroxylation is 1. The first kappa shape index (κ1) is 9.60. The number of nitrogens with one attached hydrogen (secondary N) is 1. The van der Waals surface area contributed by atoms with Crippen LogP contribution in [0.25, 0.3) is 10.1 Å². The molecule has 0 amide bonds. The Balaban J connectivity index is 2.21. The van der Waals surface area contributed by atoms with Crippen molar-refractivity contribution in [3.8, 4) is 0 Å². The topological polar surface area (TPSA) is 24.4 Å². The Morgan fingerprint density at radius 1 is 1.31 bits per heavy atom. The van der Waals surface area contributed by atoms with Crippen molar-refractivity contribution in [2.45, 2.75) is 13.0 Å². The number of aliphatic imine (C=N–C) groups is 1. The molecule has 0 bridgehead atoms. The third kappa shape index (κ3) is 1.44. The Kier molecular flexibility index (Phi) is 2.26. The zero-order valence-electron chi connectivity index (χ0n) is 8.97. The van der Waals surface area contributed by atoms with Gasteiger partial charge in [-0.05, 0) is 24.5 Å². The number of nitrogens with zero attached hydrogens (tertiary/aromatic N) is 1. The minimum absolute atomic E-state index is 0.164. The standard InChI is InChI=1S/C13H12N2S/c1-9-13(11-6-7-14-8-15-11)10-4-2-3-5-12(10)16-9/h2-8,11H,1H3,(H,14,15). The van der Waals surface area contributed by atoms with Gasteiger partial charge in [0.1, 0.15) is 0 Å². The van der Waals surface area contributed by atoms with Gasteiger partial charge < -0.3 is 5.32 Å². The molecular formula is C13H12N2S. The smallest absolute Gasteiger partial charge is 0.0981 e. The Morgan fingerprint density at radius 3 is 3.00 bits per heavy atom. The number of hydrogen-bond acceptors (Lipinski definition) is 3. The van der Waals surface area contributed by atoms with E-state index >= 15 is 0 Å². The third-order valence-corrected chi connectivity index (χ3v) is 3.90. The maximum absolute atomic E-state index is 4.47. The molecule has 80 valence electrons. The van der Waals surface area contributed by atoms with Gasteiger partial charge in [-0.15, -0.1) is 11.3 Å². The Labute approximate surface area is 98.3 Å². The first-order valence-corrected chi connectivity index (χ1v) is 6.10. The minimum Gasteiger partial charge on any atom is -0.353 e. The number of benzene rings is 1. The summed E-state index contributed by atoms with van der Waals surface area (Å²) in [7, 11) is 0. The monoisotopic (exact) mass is 228 g/mol. The Morgan fingerprint density at radius 2 is 2.19 bits per heavy atom. The summed E-state index contributed by atoms with van der Waals surface area (Å²) >= 11 is 1.84. The van der Waals surface area contributed by atoms with Crippen LogP contribution in [0, 0.1) is 6.92 Å². The Bertz CT molecular complexity index is 569. The quantitative estimate of drug-likeness (QED) is 0.795. The fourth-order valence-electron chi connectivity index (χ4n) is 2.09. The molecule has 1 aromatic heterocycles. The Hall–Kier alpha value is -1.61. The average molecular weight is 228 g/mol. The summed E-state index contributed by atoms with van der Waals surface area (Å²) in [5.74, 6) is 0. The zero-order chi connectivity index (χ0) is 11.0. The second-order valence-electron chi connectivity index (χ2n) is 3.82. The van der Waals surface area contributed by atoms with E-state index in [1.807, 2.05) is 17.5 Å². The summed E-state index contributed by atoms with van der Waals surface area (Å²) in [5.41, 5.74) is 1.34. The molecule has 1 atom stereocenters. The molecular weight excluding hydrogens is 216 g/mol. The molecule has 0 spiro atoms. The van der Waals surface area contributed by atoms with E-state index in [2.05, 4.69) is 47.6 Å². The van der Waals surface area contributed by atoms with E-state index in [0.29, 0.717) is 0 Å². The molecule has 0 saturated carbocycles. The summed E-state index contributed by atoms with van der Waals surface area (Å²) in [6.45, 7) is 2.17. The molecule has 0 fully saturated rings. The van der Waals surface area contributed by atoms with E-state index < -0.39 is 0 Å². The molecule has 3 heteroatoms. The normalized spacial score (nSPS) is 18.9. The lowest BCUT2D eigenvalue weighted by Crippen LogP contribution is -2.08. The van der Waals surface area contributed by atoms with Crippen LogP contribution in [0.5, 0.6) is 0 Å². The van der Waals surface area contributed by atoms with Gasteiger partial charge in [-0.3, -0.25) is 4.99 Å². The van der Waals surface area contributed by atoms with Crippen molar-refractivity contribution < 1.29 is 0 Å². The third-order valence-electron chi connectivity index (χ3n) is 2.80. The predicted molar refractivity (Wildman–Crippen MR) is 70.1 cm³/mol. The van der Waals surface area contributed by atoms with Crippen LogP contribution >= 0.6 is 11.3 Å². The van der Waals surface area contributed by atoms with Gasteiger partial charge in [-0.25, -0.2) is 0 Å². The van der Waals surface area contributed by atoms with Gasteiger partial charge in [-0.1, -0.05) is 18.2 Å². The summed E-state index contributed by atoms with van der Waals surface area (Å²) < 4.78 is 1.34. The summed E-state index contributed by atoms with van der Waals surface area (Å²) in [5, 5.41) is 4.31. The highest BCUT2D eigenvalue weighted by Crippen LogP contribution is 2.36. The number of thiophene rings is 1. The second-order valence-corrected chi connectivity index (χ2v) is 5.07. The SMILES string of the molecule is Cc1sc2ccccc2c1C1C=CNC=N1. The van der Waals surface area contributed by atoms with Crippen LogP contribution in [0.1, 0.15) is 16.5 Å². The zero-order valence-corrected chi connectivity index (χ0v) is 9.79. The molecule has 1 N–H and O–H groups in total. The molecule has 1 aromatic carbocycles. The molecule has 16 heavy (non-hydrogen) atoms. The molecule has 0 aliphatic carbocycles. The predicted octanol–water partition coefficient (Wildman–Crippen LogP) is 3.40. The van der Waals surface area contributed by atoms with E-state index in [0.717, 1.165) is 0 Å². The lowest BCUT2D eigenvalue weighted by molar-refractivity contribution is 0.890. The lowest BCUT2D eigenvalue weighted by Gasteiger charge is -2.11. The number of fused-ring (bicyclic) bond motifs is 1. The van der Waals surface area contributed by atoms with E-state index in [1.54, 1.807) is 6.34 Å². The average Bonchev–Trinajstić information content (AvgIpc) is 2.66. The minimum atomic E-state index is 0.164. The summed E-state index contributed by atoms with van der Waals surface area (Å²) in [6.07, 6.45) is 5.81. The highest BCUT2D eigenvalue weighted by molar-refractivity contribution is 7.19. The number of hydrogen-bond donors (Lipinski definition) is 1. The van der Waals surface area contributed by atoms with E-state index in [4.69, 9.17) is 0 Å². The molecule has 0 saturated heterocycles. The molecule has 1 unspecified atom stereocenters. The van der Waals surface area contributed by atoms with Crippen molar-refractivity contribution >= 4 is 27.8 Å². The van der Waals surface area contributed by atoms with Gasteiger partial charge in [0.25, 0.3) is 0 Å². The van der Waals surface area contributed by atoms with Crippen molar-refractivity contribution in [3.63, 3.8) is 0 Å². The molecule has 3 rings (SSSR count). The van der Waals surface area contributed by atoms with Gasteiger partial charge in [0.15, 0.2) is 0 Å². The van der Waals surface area contributed by atoms with Crippen molar-refractivity contribution in [1.29, 1.82) is 0 Å². The van der Waals surface area contributed by atoms with Crippen molar-refractivity contribution in [2.24, 2.45) is 4.99 Å². The van der Waals surface area contributed by atoms with Crippen LogP contribution in [0.3, 0.4) is 0 Å². The fraction of sp³-hybridized carbons (Fsp3) is 0.154. The highest BCUT2D eigenvalue weighted by Gasteiger charge is 2.16. The highest BCUT2D eigenvalue weighted by atomic mass is 32.1. The van der Waals surface area contributed by atoms with Gasteiger partial charge in [0, 0.05) is 21.3 Å². The fourth-order valence-corrected chi connectivity index (χ4v) is 3.19. The van der Waals surface area contributed by atoms with Crippen LogP contribution in [-0.4, -0.2) is 6.34 Å². The molecule has 2 nitrogen and oxygen atoms in total. The molecule has 1 aliphatic rings. The summed E-state index contributed by atoms with van der Waals surface area (Å²) in [4.78, 5) is 5.82. The number of rotatable bonds is 1. The van der Waals surface area contributed by atoms with E-state index in [9.17, 15) is 0 Å². The van der Waals surface area contributed by atoms with Crippen molar-refractivity contribution in [3.05, 3.63) is 47.0 Å². The van der Waals surface area contributed by atoms with Crippen molar-refractivity contribution in [2.75, 3.05) is 0 Å². The lowest BCUT2D eigenvalue weighted by atomic mass is 10.0. The van der Waals surface area contributed by atoms with Crippen LogP contribution in [-0.2, 0) is 0 Å². The van der Waals surface area contributed by atoms with Gasteiger partial charge >= 0.3 is 0 Å². The maximum Gasteiger partial charge on any atom is 0.0981 e. The largest absolute Gasteiger partial charge is 0.353 e. The first-order chi connectivity index (χ1) is 7.86. The van der Waals surface area contributed by atoms with Gasteiger partial charge in [0.2, 0.25) is 0 Å². The van der Waals surface area contributed by atoms with Crippen molar-refractivity contribution in [1.82, 2.24) is 5.32 Å². The van der Waals surface area contributed by atoms with E-state index in [-0.39, 0.29) is 6.04 Å². The maximum atomic E-state index is 4.47. The second kappa shape index (κ2) is 3.76. The summed E-state index contributed by atoms with van der Waals surface area (Å²) in [6, 6.07) is 8.69. The first-order valence-electron chi connectivity index (χ1n) is 5.28. The molecule has 0 radical (unpaired) electrons. The van der Waals surface area contributed by atoms with Crippen LogP contribution in [0.2, 0.25) is 0 Å². The van der Waals surface area contributed by atoms with Gasteiger partial charge in [0.05, 0.1) is 12.4 Å². The van der Waals surface area contributed by atoms with Crippen LogP contribution < -0.4 is 5.32 Å². The van der Waals surface area contributed by atoms with Crippen LogP contribution in [0.15, 0.2) is 41.5 Å². The van der Waals surface area contributed by atoms with Crippen LogP contribution in [0.4, 0.5) is 0 Å². The van der Waals surface area contributed by atoms with E-state index in [1.165, 1.54) is 20.5 Å².